The van der Waals surface area contributed by atoms with Crippen molar-refractivity contribution >= 4 is 23.5 Å². The van der Waals surface area contributed by atoms with Crippen LogP contribution in [-0.4, -0.2) is 34.3 Å². The molecule has 4 nitrogen and oxygen atoms in total. The summed E-state index contributed by atoms with van der Waals surface area (Å²) in [5.41, 5.74) is 5.90. The molecule has 1 aromatic rings. The minimum atomic E-state index is 0. The maximum atomic E-state index is 4.38. The first-order valence-electron chi connectivity index (χ1n) is 6.24. The van der Waals surface area contributed by atoms with Gasteiger partial charge in [-0.15, -0.1) is 0 Å². The first-order chi connectivity index (χ1) is 8.75. The Labute approximate surface area is 130 Å². The van der Waals surface area contributed by atoms with Crippen molar-refractivity contribution in [1.82, 2.24) is 9.88 Å². The van der Waals surface area contributed by atoms with Gasteiger partial charge in [-0.1, -0.05) is 12.5 Å². The Morgan fingerprint density at radius 2 is 2.11 bits per heavy atom. The summed E-state index contributed by atoms with van der Waals surface area (Å²) in [6, 6.07) is 5.82. The van der Waals surface area contributed by atoms with E-state index >= 15 is 0 Å². The first kappa shape index (κ1) is 16.2. The van der Waals surface area contributed by atoms with Crippen LogP contribution in [-0.2, 0) is 29.3 Å². The Bertz CT molecular complexity index is 444. The molecular weight excluding hydrogens is 308 g/mol. The molecule has 0 atom stereocenters. The van der Waals surface area contributed by atoms with Crippen LogP contribution < -0.4 is 0 Å². The van der Waals surface area contributed by atoms with Crippen LogP contribution in [0, 0.1) is 6.92 Å². The molecule has 2 rings (SSSR count). The topological polar surface area (TPSA) is 42.6 Å². The summed E-state index contributed by atoms with van der Waals surface area (Å²) in [5, 5.41) is 4.73. The predicted molar refractivity (Wildman–Crippen MR) is 79.1 cm³/mol. The van der Waals surface area contributed by atoms with E-state index in [0.717, 1.165) is 24.5 Å². The Kier molecular flexibility index (Phi) is 7.16. The fourth-order valence-corrected chi connectivity index (χ4v) is 2.18. The number of aryl methyl sites for hydroxylation is 1. The summed E-state index contributed by atoms with van der Waals surface area (Å²) in [6.45, 7) is 4.01. The summed E-state index contributed by atoms with van der Waals surface area (Å²) >= 11 is 4.38. The molecule has 1 aliphatic heterocycles. The predicted octanol–water partition coefficient (Wildman–Crippen LogP) is 1.95. The van der Waals surface area contributed by atoms with Crippen molar-refractivity contribution in [3.05, 3.63) is 35.0 Å². The van der Waals surface area contributed by atoms with E-state index in [2.05, 4.69) is 32.6 Å². The van der Waals surface area contributed by atoms with E-state index in [9.17, 15) is 0 Å². The van der Waals surface area contributed by atoms with Crippen LogP contribution in [0.15, 0.2) is 23.3 Å². The molecule has 1 aromatic heterocycles. The number of pyridine rings is 1. The molecule has 6 heteroatoms. The van der Waals surface area contributed by atoms with Crippen molar-refractivity contribution in [3.63, 3.8) is 0 Å². The molecule has 0 unspecified atom stereocenters. The fourth-order valence-electron chi connectivity index (χ4n) is 1.93. The number of hydrogen-bond acceptors (Lipinski definition) is 2. The van der Waals surface area contributed by atoms with Crippen molar-refractivity contribution < 1.29 is 17.1 Å². The maximum absolute atomic E-state index is 4.38. The van der Waals surface area contributed by atoms with E-state index in [1.807, 2.05) is 25.1 Å². The summed E-state index contributed by atoms with van der Waals surface area (Å²) in [6.07, 6.45) is 5.38. The summed E-state index contributed by atoms with van der Waals surface area (Å²) in [5.74, 6) is 0. The second-order valence-electron chi connectivity index (χ2n) is 4.40. The number of thiol groups is 1. The summed E-state index contributed by atoms with van der Waals surface area (Å²) in [7, 11) is 0. The first-order valence-corrected chi connectivity index (χ1v) is 6.69. The van der Waals surface area contributed by atoms with Crippen LogP contribution in [0.2, 0.25) is 0 Å². The number of rotatable bonds is 2. The second-order valence-corrected chi connectivity index (χ2v) is 4.80. The van der Waals surface area contributed by atoms with Gasteiger partial charge in [0.15, 0.2) is 17.3 Å². The van der Waals surface area contributed by atoms with Crippen LogP contribution in [0.5, 0.6) is 0 Å². The molecule has 0 saturated carbocycles. The standard InChI is InChI=1S/C13H18N4S.Cu/c1-11-6-5-7-12(15-11)10-14-16-13(18)17-8-3-2-4-9-17;/h5-7,10H,2-4,8-9H2,1H3,(H,15,16,18);/q;+2. The van der Waals surface area contributed by atoms with Gasteiger partial charge in [0.2, 0.25) is 0 Å². The van der Waals surface area contributed by atoms with Crippen LogP contribution in [0.4, 0.5) is 0 Å². The molecule has 0 aliphatic carbocycles. The zero-order valence-corrected chi connectivity index (χ0v) is 12.7. The van der Waals surface area contributed by atoms with Crippen LogP contribution in [0.1, 0.15) is 30.7 Å². The van der Waals surface area contributed by atoms with Gasteiger partial charge in [-0.3, -0.25) is 4.98 Å². The van der Waals surface area contributed by atoms with Crippen LogP contribution in [0.3, 0.4) is 0 Å². The Morgan fingerprint density at radius 1 is 1.37 bits per heavy atom. The molecule has 0 bridgehead atoms. The molecule has 2 heterocycles. The SMILES string of the molecule is Cc1cccc(C=N[N-]C(=[SH+])N2CCCCC2)n1.[Cu+2]. The zero-order chi connectivity index (χ0) is 12.8. The summed E-state index contributed by atoms with van der Waals surface area (Å²) in [4.78, 5) is 6.49. The van der Waals surface area contributed by atoms with E-state index in [0.29, 0.717) is 5.11 Å². The number of piperidine rings is 1. The fraction of sp³-hybridized carbons (Fsp3) is 0.462. The van der Waals surface area contributed by atoms with Gasteiger partial charge in [0.25, 0.3) is 0 Å². The average Bonchev–Trinajstić information content (AvgIpc) is 2.40. The van der Waals surface area contributed by atoms with E-state index in [-0.39, 0.29) is 17.1 Å². The molecule has 105 valence electrons. The maximum Gasteiger partial charge on any atom is 2.00 e. The minimum absolute atomic E-state index is 0. The van der Waals surface area contributed by atoms with Crippen LogP contribution in [0.25, 0.3) is 5.43 Å². The molecular formula is C13H18CuN4S+2. The Hall–Kier alpha value is -0.811. The molecule has 19 heavy (non-hydrogen) atoms. The van der Waals surface area contributed by atoms with Crippen molar-refractivity contribution in [3.8, 4) is 0 Å². The van der Waals surface area contributed by atoms with Gasteiger partial charge in [-0.05, 0) is 31.9 Å². The Morgan fingerprint density at radius 3 is 2.79 bits per heavy atom. The molecule has 0 spiro atoms. The third-order valence-electron chi connectivity index (χ3n) is 2.89. The van der Waals surface area contributed by atoms with Gasteiger partial charge >= 0.3 is 17.1 Å². The van der Waals surface area contributed by atoms with Crippen LogP contribution >= 0.6 is 0 Å². The van der Waals surface area contributed by atoms with Crippen molar-refractivity contribution in [2.75, 3.05) is 13.1 Å². The van der Waals surface area contributed by atoms with Gasteiger partial charge < -0.3 is 10.5 Å². The van der Waals surface area contributed by atoms with E-state index in [1.165, 1.54) is 19.3 Å². The second kappa shape index (κ2) is 8.38. The van der Waals surface area contributed by atoms with E-state index < -0.39 is 0 Å². The minimum Gasteiger partial charge on any atom is -0.515 e. The van der Waals surface area contributed by atoms with Crippen molar-refractivity contribution in [2.45, 2.75) is 26.2 Å². The third-order valence-corrected chi connectivity index (χ3v) is 3.26. The van der Waals surface area contributed by atoms with Crippen molar-refractivity contribution in [2.24, 2.45) is 5.10 Å². The van der Waals surface area contributed by atoms with Gasteiger partial charge in [0.05, 0.1) is 5.69 Å². The quantitative estimate of drug-likeness (QED) is 0.208. The Balaban J connectivity index is 0.00000180. The molecule has 1 fully saturated rings. The average molecular weight is 326 g/mol. The third kappa shape index (κ3) is 5.36. The number of aromatic nitrogens is 1. The zero-order valence-electron chi connectivity index (χ0n) is 10.9. The summed E-state index contributed by atoms with van der Waals surface area (Å²) < 4.78 is 0. The van der Waals surface area contributed by atoms with Gasteiger partial charge in [0.1, 0.15) is 0 Å². The number of hydrogen-bond donors (Lipinski definition) is 0. The molecule has 1 radical (unpaired) electrons. The number of nitrogens with zero attached hydrogens (tertiary/aromatic N) is 4. The van der Waals surface area contributed by atoms with Gasteiger partial charge in [0, 0.05) is 25.0 Å². The molecule has 0 aromatic carbocycles. The van der Waals surface area contributed by atoms with E-state index in [4.69, 9.17) is 0 Å². The van der Waals surface area contributed by atoms with Gasteiger partial charge in [-0.25, -0.2) is 4.90 Å². The monoisotopic (exact) mass is 325 g/mol. The molecule has 0 N–H and O–H groups in total. The largest absolute Gasteiger partial charge is 2.00 e. The smallest absolute Gasteiger partial charge is 0.515 e. The van der Waals surface area contributed by atoms with E-state index in [1.54, 1.807) is 6.21 Å². The molecule has 1 saturated heterocycles. The van der Waals surface area contributed by atoms with Crippen molar-refractivity contribution in [1.29, 1.82) is 0 Å². The normalized spacial score (nSPS) is 16.1. The molecule has 1 aliphatic rings. The number of likely N-dealkylation sites (tertiary alicyclic amines) is 1. The van der Waals surface area contributed by atoms with Gasteiger partial charge in [-0.2, -0.15) is 0 Å². The molecule has 0 amide bonds.